The molecule has 82 valence electrons. The van der Waals surface area contributed by atoms with E-state index in [0.29, 0.717) is 16.7 Å². The first-order valence-electron chi connectivity index (χ1n) is 4.57. The Kier molecular flexibility index (Phi) is 3.07. The van der Waals surface area contributed by atoms with Crippen molar-refractivity contribution < 1.29 is 4.79 Å². The van der Waals surface area contributed by atoms with E-state index in [1.54, 1.807) is 36.7 Å². The van der Waals surface area contributed by atoms with Crippen LogP contribution in [0.25, 0.3) is 0 Å². The van der Waals surface area contributed by atoms with Gasteiger partial charge < -0.3 is 10.3 Å². The molecule has 1 heterocycles. The molecule has 3 N–H and O–H groups in total. The molecule has 0 aliphatic carbocycles. The highest BCUT2D eigenvalue weighted by Crippen LogP contribution is 2.20. The number of carbonyl (C=O) groups excluding carboxylic acids is 1. The summed E-state index contributed by atoms with van der Waals surface area (Å²) in [6.45, 7) is 0. The third-order valence-corrected chi connectivity index (χ3v) is 2.18. The Labute approximate surface area is 96.8 Å². The van der Waals surface area contributed by atoms with E-state index in [4.69, 9.17) is 11.6 Å². The molecule has 0 saturated carbocycles. The average molecular weight is 237 g/mol. The first-order chi connectivity index (χ1) is 7.75. The molecule has 0 spiro atoms. The quantitative estimate of drug-likeness (QED) is 0.750. The summed E-state index contributed by atoms with van der Waals surface area (Å²) in [5, 5.41) is 5.61. The van der Waals surface area contributed by atoms with Gasteiger partial charge in [0.05, 0.1) is 10.7 Å². The lowest BCUT2D eigenvalue weighted by molar-refractivity contribution is 0.262. The number of para-hydroxylation sites is 1. The fourth-order valence-corrected chi connectivity index (χ4v) is 1.34. The first-order valence-corrected chi connectivity index (χ1v) is 4.95. The Morgan fingerprint density at radius 3 is 2.81 bits per heavy atom. The van der Waals surface area contributed by atoms with Crippen LogP contribution >= 0.6 is 11.6 Å². The number of aromatic nitrogens is 2. The Bertz CT molecular complexity index is 483. The van der Waals surface area contributed by atoms with Crippen molar-refractivity contribution in [3.63, 3.8) is 0 Å². The number of anilines is 2. The molecule has 2 amide bonds. The number of H-pyrrole nitrogens is 1. The van der Waals surface area contributed by atoms with Crippen LogP contribution in [0, 0.1) is 0 Å². The topological polar surface area (TPSA) is 69.8 Å². The van der Waals surface area contributed by atoms with Crippen molar-refractivity contribution in [2.24, 2.45) is 0 Å². The van der Waals surface area contributed by atoms with Crippen molar-refractivity contribution in [1.82, 2.24) is 9.97 Å². The molecule has 1 aromatic heterocycles. The molecule has 0 aliphatic heterocycles. The van der Waals surface area contributed by atoms with E-state index in [1.807, 2.05) is 0 Å². The first kappa shape index (κ1) is 10.5. The van der Waals surface area contributed by atoms with Gasteiger partial charge in [0.1, 0.15) is 0 Å². The number of urea groups is 1. The minimum atomic E-state index is -0.400. The Balaban J connectivity index is 2.00. The number of hydrogen-bond donors (Lipinski definition) is 3. The van der Waals surface area contributed by atoms with Gasteiger partial charge in [0, 0.05) is 12.4 Å². The summed E-state index contributed by atoms with van der Waals surface area (Å²) in [7, 11) is 0. The van der Waals surface area contributed by atoms with E-state index in [2.05, 4.69) is 20.6 Å². The van der Waals surface area contributed by atoms with Gasteiger partial charge in [-0.25, -0.2) is 9.78 Å². The molecule has 0 saturated heterocycles. The van der Waals surface area contributed by atoms with Crippen LogP contribution < -0.4 is 10.6 Å². The highest BCUT2D eigenvalue weighted by atomic mass is 35.5. The van der Waals surface area contributed by atoms with Gasteiger partial charge in [-0.2, -0.15) is 0 Å². The second-order valence-electron chi connectivity index (χ2n) is 3.00. The molecule has 0 aliphatic rings. The highest BCUT2D eigenvalue weighted by Gasteiger charge is 2.05. The second-order valence-corrected chi connectivity index (χ2v) is 3.40. The largest absolute Gasteiger partial charge is 0.331 e. The normalized spacial score (nSPS) is 9.81. The smallest absolute Gasteiger partial charge is 0.326 e. The standard InChI is InChI=1S/C10H9ClN4O/c11-7-3-1-2-4-8(7)14-10(16)15-9-12-5-6-13-9/h1-6H,(H3,12,13,14,15,16). The number of nitrogens with one attached hydrogen (secondary N) is 3. The molecule has 0 radical (unpaired) electrons. The van der Waals surface area contributed by atoms with E-state index in [9.17, 15) is 4.79 Å². The molecule has 0 unspecified atom stereocenters. The number of aromatic amines is 1. The fourth-order valence-electron chi connectivity index (χ4n) is 1.16. The summed E-state index contributed by atoms with van der Waals surface area (Å²) in [6, 6.07) is 6.59. The van der Waals surface area contributed by atoms with Crippen LogP contribution in [0.15, 0.2) is 36.7 Å². The molecule has 6 heteroatoms. The third kappa shape index (κ3) is 2.52. The predicted octanol–water partition coefficient (Wildman–Crippen LogP) is 2.71. The fraction of sp³-hybridized carbons (Fsp3) is 0. The number of nitrogens with zero attached hydrogens (tertiary/aromatic N) is 1. The van der Waals surface area contributed by atoms with Crippen LogP contribution in [0.4, 0.5) is 16.4 Å². The van der Waals surface area contributed by atoms with Crippen LogP contribution in [-0.2, 0) is 0 Å². The maximum Gasteiger partial charge on any atom is 0.326 e. The summed E-state index contributed by atoms with van der Waals surface area (Å²) >= 11 is 5.88. The van der Waals surface area contributed by atoms with Crippen molar-refractivity contribution in [3.05, 3.63) is 41.7 Å². The molecule has 0 bridgehead atoms. The summed E-state index contributed by atoms with van der Waals surface area (Å²) < 4.78 is 0. The summed E-state index contributed by atoms with van der Waals surface area (Å²) in [6.07, 6.45) is 3.16. The van der Waals surface area contributed by atoms with Crippen molar-refractivity contribution in [2.75, 3.05) is 10.6 Å². The minimum absolute atomic E-state index is 0.379. The lowest BCUT2D eigenvalue weighted by Crippen LogP contribution is -2.20. The van der Waals surface area contributed by atoms with Gasteiger partial charge in [0.25, 0.3) is 0 Å². The van der Waals surface area contributed by atoms with E-state index in [-0.39, 0.29) is 0 Å². The SMILES string of the molecule is O=C(Nc1ncc[nH]1)Nc1ccccc1Cl. The summed E-state index contributed by atoms with van der Waals surface area (Å²) in [5.41, 5.74) is 0.549. The number of rotatable bonds is 2. The van der Waals surface area contributed by atoms with Crippen molar-refractivity contribution >= 4 is 29.3 Å². The van der Waals surface area contributed by atoms with Gasteiger partial charge >= 0.3 is 6.03 Å². The zero-order chi connectivity index (χ0) is 11.4. The third-order valence-electron chi connectivity index (χ3n) is 1.85. The summed E-state index contributed by atoms with van der Waals surface area (Å²) in [5.74, 6) is 0.379. The zero-order valence-corrected chi connectivity index (χ0v) is 8.95. The van der Waals surface area contributed by atoms with Gasteiger partial charge in [-0.3, -0.25) is 5.32 Å². The van der Waals surface area contributed by atoms with Crippen molar-refractivity contribution in [2.45, 2.75) is 0 Å². The van der Waals surface area contributed by atoms with Gasteiger partial charge in [0.15, 0.2) is 0 Å². The van der Waals surface area contributed by atoms with Gasteiger partial charge in [-0.05, 0) is 12.1 Å². The van der Waals surface area contributed by atoms with E-state index in [0.717, 1.165) is 0 Å². The highest BCUT2D eigenvalue weighted by molar-refractivity contribution is 6.33. The second kappa shape index (κ2) is 4.67. The van der Waals surface area contributed by atoms with Crippen LogP contribution in [0.2, 0.25) is 5.02 Å². The van der Waals surface area contributed by atoms with E-state index in [1.165, 1.54) is 0 Å². The van der Waals surface area contributed by atoms with Crippen LogP contribution in [0.1, 0.15) is 0 Å². The maximum absolute atomic E-state index is 11.5. The monoisotopic (exact) mass is 236 g/mol. The van der Waals surface area contributed by atoms with E-state index >= 15 is 0 Å². The van der Waals surface area contributed by atoms with Crippen LogP contribution in [0.3, 0.4) is 0 Å². The Morgan fingerprint density at radius 1 is 1.31 bits per heavy atom. The van der Waals surface area contributed by atoms with Crippen LogP contribution in [-0.4, -0.2) is 16.0 Å². The number of carbonyl (C=O) groups is 1. The lowest BCUT2D eigenvalue weighted by Gasteiger charge is -2.06. The number of benzene rings is 1. The maximum atomic E-state index is 11.5. The number of hydrogen-bond acceptors (Lipinski definition) is 2. The summed E-state index contributed by atoms with van der Waals surface area (Å²) in [4.78, 5) is 18.1. The molecular formula is C10H9ClN4O. The molecule has 0 atom stereocenters. The lowest BCUT2D eigenvalue weighted by atomic mass is 10.3. The van der Waals surface area contributed by atoms with Gasteiger partial charge in [-0.1, -0.05) is 23.7 Å². The van der Waals surface area contributed by atoms with Gasteiger partial charge in [-0.15, -0.1) is 0 Å². The predicted molar refractivity (Wildman–Crippen MR) is 62.7 cm³/mol. The zero-order valence-electron chi connectivity index (χ0n) is 8.20. The molecule has 1 aromatic carbocycles. The van der Waals surface area contributed by atoms with Gasteiger partial charge in [0.2, 0.25) is 5.95 Å². The molecular weight excluding hydrogens is 228 g/mol. The van der Waals surface area contributed by atoms with Crippen molar-refractivity contribution in [1.29, 1.82) is 0 Å². The molecule has 5 nitrogen and oxygen atoms in total. The number of imidazole rings is 1. The Hall–Kier alpha value is -2.01. The molecule has 2 rings (SSSR count). The van der Waals surface area contributed by atoms with Crippen molar-refractivity contribution in [3.8, 4) is 0 Å². The number of halogens is 1. The molecule has 16 heavy (non-hydrogen) atoms. The molecule has 0 fully saturated rings. The average Bonchev–Trinajstić information content (AvgIpc) is 2.74. The number of amides is 2. The Morgan fingerprint density at radius 2 is 2.12 bits per heavy atom. The van der Waals surface area contributed by atoms with E-state index < -0.39 is 6.03 Å². The van der Waals surface area contributed by atoms with Crippen LogP contribution in [0.5, 0.6) is 0 Å². The molecule has 2 aromatic rings. The minimum Gasteiger partial charge on any atom is -0.331 e.